The molecule has 0 amide bonds. The van der Waals surface area contributed by atoms with E-state index in [1.165, 1.54) is 0 Å². The summed E-state index contributed by atoms with van der Waals surface area (Å²) in [7, 11) is 0. The molecule has 0 heterocycles. The highest BCUT2D eigenvalue weighted by Crippen LogP contribution is 2.00. The molecule has 10 heavy (non-hydrogen) atoms. The van der Waals surface area contributed by atoms with Crippen molar-refractivity contribution in [3.05, 3.63) is 0 Å². The lowest BCUT2D eigenvalue weighted by Gasteiger charge is -2.14. The fourth-order valence-corrected chi connectivity index (χ4v) is 0.628. The number of rotatable bonds is 5. The highest BCUT2D eigenvalue weighted by molar-refractivity contribution is 4.52. The van der Waals surface area contributed by atoms with Crippen LogP contribution in [0.25, 0.3) is 0 Å². The van der Waals surface area contributed by atoms with Gasteiger partial charge in [-0.05, 0) is 12.3 Å². The van der Waals surface area contributed by atoms with E-state index in [4.69, 9.17) is 9.84 Å². The minimum Gasteiger partial charge on any atom is -0.394 e. The molecule has 0 aliphatic heterocycles. The highest BCUT2D eigenvalue weighted by Gasteiger charge is 2.04. The molecule has 1 unspecified atom stereocenters. The van der Waals surface area contributed by atoms with Gasteiger partial charge in [0.25, 0.3) is 0 Å². The lowest BCUT2D eigenvalue weighted by Crippen LogP contribution is -2.18. The monoisotopic (exact) mass is 146 g/mol. The van der Waals surface area contributed by atoms with E-state index in [1.807, 2.05) is 6.92 Å². The van der Waals surface area contributed by atoms with Crippen LogP contribution in [0.3, 0.4) is 0 Å². The Morgan fingerprint density at radius 2 is 2.00 bits per heavy atom. The Morgan fingerprint density at radius 3 is 2.30 bits per heavy atom. The van der Waals surface area contributed by atoms with Crippen molar-refractivity contribution in [2.24, 2.45) is 5.92 Å². The van der Waals surface area contributed by atoms with E-state index in [-0.39, 0.29) is 12.7 Å². The minimum atomic E-state index is 0.0439. The summed E-state index contributed by atoms with van der Waals surface area (Å²) < 4.78 is 5.35. The number of aliphatic hydroxyl groups is 1. The van der Waals surface area contributed by atoms with Gasteiger partial charge >= 0.3 is 0 Å². The fourth-order valence-electron chi connectivity index (χ4n) is 0.628. The van der Waals surface area contributed by atoms with Crippen molar-refractivity contribution in [2.45, 2.75) is 33.3 Å². The summed E-state index contributed by atoms with van der Waals surface area (Å²) in [5, 5.41) is 8.71. The molecule has 0 aromatic carbocycles. The summed E-state index contributed by atoms with van der Waals surface area (Å²) in [6, 6.07) is 0. The zero-order valence-corrected chi connectivity index (χ0v) is 7.13. The third-order valence-corrected chi connectivity index (χ3v) is 1.32. The van der Waals surface area contributed by atoms with Crippen LogP contribution in [0.5, 0.6) is 0 Å². The predicted octanol–water partition coefficient (Wildman–Crippen LogP) is 1.43. The van der Waals surface area contributed by atoms with E-state index >= 15 is 0 Å². The number of hydrogen-bond acceptors (Lipinski definition) is 2. The quantitative estimate of drug-likeness (QED) is 0.635. The summed E-state index contributed by atoms with van der Waals surface area (Å²) in [6.07, 6.45) is 0.936. The summed E-state index contributed by atoms with van der Waals surface area (Å²) in [5.74, 6) is 0.556. The van der Waals surface area contributed by atoms with Gasteiger partial charge in [0.05, 0.1) is 12.7 Å². The van der Waals surface area contributed by atoms with Crippen molar-refractivity contribution in [3.63, 3.8) is 0 Å². The van der Waals surface area contributed by atoms with Crippen LogP contribution in [0, 0.1) is 5.92 Å². The average Bonchev–Trinajstić information content (AvgIpc) is 1.90. The molecule has 0 radical (unpaired) electrons. The van der Waals surface area contributed by atoms with Crippen molar-refractivity contribution in [1.82, 2.24) is 0 Å². The molecular weight excluding hydrogens is 128 g/mol. The molecule has 0 saturated carbocycles. The Kier molecular flexibility index (Phi) is 5.64. The zero-order chi connectivity index (χ0) is 7.98. The van der Waals surface area contributed by atoms with Gasteiger partial charge < -0.3 is 9.84 Å². The van der Waals surface area contributed by atoms with Crippen LogP contribution < -0.4 is 0 Å². The van der Waals surface area contributed by atoms with Crippen LogP contribution in [0.15, 0.2) is 0 Å². The molecule has 0 aliphatic carbocycles. The Hall–Kier alpha value is -0.0800. The van der Waals surface area contributed by atoms with Crippen LogP contribution in [0.4, 0.5) is 0 Å². The molecule has 0 aromatic rings. The Morgan fingerprint density at radius 1 is 1.40 bits per heavy atom. The second-order valence-corrected chi connectivity index (χ2v) is 2.94. The van der Waals surface area contributed by atoms with Gasteiger partial charge in [-0.25, -0.2) is 0 Å². The van der Waals surface area contributed by atoms with Gasteiger partial charge in [-0.3, -0.25) is 0 Å². The van der Waals surface area contributed by atoms with Crippen LogP contribution in [0.1, 0.15) is 27.2 Å². The zero-order valence-electron chi connectivity index (χ0n) is 7.13. The van der Waals surface area contributed by atoms with Gasteiger partial charge in [-0.2, -0.15) is 0 Å². The first-order valence-corrected chi connectivity index (χ1v) is 3.93. The third kappa shape index (κ3) is 4.77. The summed E-state index contributed by atoms with van der Waals surface area (Å²) in [4.78, 5) is 0. The van der Waals surface area contributed by atoms with Gasteiger partial charge in [0, 0.05) is 6.61 Å². The normalized spacial score (nSPS) is 14.1. The molecule has 1 atom stereocenters. The van der Waals surface area contributed by atoms with E-state index in [0.29, 0.717) is 5.92 Å². The summed E-state index contributed by atoms with van der Waals surface area (Å²) >= 11 is 0. The maximum atomic E-state index is 8.71. The summed E-state index contributed by atoms with van der Waals surface area (Å²) in [5.41, 5.74) is 0. The first-order valence-electron chi connectivity index (χ1n) is 3.93. The number of hydrogen-bond donors (Lipinski definition) is 1. The second-order valence-electron chi connectivity index (χ2n) is 2.94. The Balaban J connectivity index is 3.26. The molecular formula is C8H18O2. The van der Waals surface area contributed by atoms with Gasteiger partial charge in [0.1, 0.15) is 0 Å². The van der Waals surface area contributed by atoms with Crippen molar-refractivity contribution < 1.29 is 9.84 Å². The molecule has 0 rings (SSSR count). The van der Waals surface area contributed by atoms with Crippen LogP contribution in [-0.2, 0) is 4.74 Å². The standard InChI is InChI=1S/C8H18O2/c1-4-8(5-9)10-6-7(2)3/h7-9H,4-6H2,1-3H3. The maximum absolute atomic E-state index is 8.71. The summed E-state index contributed by atoms with van der Waals surface area (Å²) in [6.45, 7) is 7.11. The van der Waals surface area contributed by atoms with Gasteiger partial charge in [-0.15, -0.1) is 0 Å². The molecule has 62 valence electrons. The predicted molar refractivity (Wildman–Crippen MR) is 42.0 cm³/mol. The lowest BCUT2D eigenvalue weighted by atomic mass is 10.2. The van der Waals surface area contributed by atoms with Crippen LogP contribution in [-0.4, -0.2) is 24.4 Å². The van der Waals surface area contributed by atoms with Crippen LogP contribution in [0.2, 0.25) is 0 Å². The molecule has 0 bridgehead atoms. The maximum Gasteiger partial charge on any atom is 0.0803 e. The number of aliphatic hydroxyl groups excluding tert-OH is 1. The molecule has 1 N–H and O–H groups in total. The van der Waals surface area contributed by atoms with Crippen molar-refractivity contribution >= 4 is 0 Å². The van der Waals surface area contributed by atoms with E-state index in [2.05, 4.69) is 13.8 Å². The molecule has 2 nitrogen and oxygen atoms in total. The van der Waals surface area contributed by atoms with E-state index < -0.39 is 0 Å². The van der Waals surface area contributed by atoms with Crippen molar-refractivity contribution in [2.75, 3.05) is 13.2 Å². The number of ether oxygens (including phenoxy) is 1. The second kappa shape index (κ2) is 5.69. The van der Waals surface area contributed by atoms with E-state index in [1.54, 1.807) is 0 Å². The van der Waals surface area contributed by atoms with E-state index in [0.717, 1.165) is 13.0 Å². The SMILES string of the molecule is CCC(CO)OCC(C)C. The minimum absolute atomic E-state index is 0.0439. The van der Waals surface area contributed by atoms with Crippen molar-refractivity contribution in [3.8, 4) is 0 Å². The Labute approximate surface area is 63.2 Å². The molecule has 0 aliphatic rings. The van der Waals surface area contributed by atoms with Gasteiger partial charge in [-0.1, -0.05) is 20.8 Å². The lowest BCUT2D eigenvalue weighted by molar-refractivity contribution is -0.00140. The molecule has 0 saturated heterocycles. The molecule has 0 spiro atoms. The third-order valence-electron chi connectivity index (χ3n) is 1.32. The van der Waals surface area contributed by atoms with Crippen LogP contribution >= 0.6 is 0 Å². The molecule has 2 heteroatoms. The first kappa shape index (κ1) is 9.92. The van der Waals surface area contributed by atoms with Gasteiger partial charge in [0.2, 0.25) is 0 Å². The molecule has 0 fully saturated rings. The van der Waals surface area contributed by atoms with E-state index in [9.17, 15) is 0 Å². The highest BCUT2D eigenvalue weighted by atomic mass is 16.5. The topological polar surface area (TPSA) is 29.5 Å². The van der Waals surface area contributed by atoms with Crippen molar-refractivity contribution in [1.29, 1.82) is 0 Å². The first-order chi connectivity index (χ1) is 4.70. The smallest absolute Gasteiger partial charge is 0.0803 e. The Bertz CT molecular complexity index is 67.7. The largest absolute Gasteiger partial charge is 0.394 e. The average molecular weight is 146 g/mol. The fraction of sp³-hybridized carbons (Fsp3) is 1.00. The molecule has 0 aromatic heterocycles. The van der Waals surface area contributed by atoms with Gasteiger partial charge in [0.15, 0.2) is 0 Å².